The maximum absolute atomic E-state index is 12.8. The summed E-state index contributed by atoms with van der Waals surface area (Å²) in [5.74, 6) is -0.801. The second-order valence-electron chi connectivity index (χ2n) is 6.51. The quantitative estimate of drug-likeness (QED) is 0.498. The molecule has 0 aliphatic heterocycles. The molecule has 0 saturated heterocycles. The smallest absolute Gasteiger partial charge is 0.328 e. The molecule has 0 aliphatic rings. The van der Waals surface area contributed by atoms with Crippen molar-refractivity contribution in [2.75, 3.05) is 7.11 Å². The molecule has 0 radical (unpaired) electrons. The minimum absolute atomic E-state index is 0.325. The van der Waals surface area contributed by atoms with Crippen molar-refractivity contribution >= 4 is 33.4 Å². The first-order valence-corrected chi connectivity index (χ1v) is 9.92. The third-order valence-corrected chi connectivity index (χ3v) is 5.57. The summed E-state index contributed by atoms with van der Waals surface area (Å²) < 4.78 is 7.70. The molecule has 0 spiro atoms. The topological polar surface area (TPSA) is 73.2 Å². The highest BCUT2D eigenvalue weighted by molar-refractivity contribution is 7.20. The molecule has 7 heteroatoms. The van der Waals surface area contributed by atoms with Crippen molar-refractivity contribution in [1.29, 1.82) is 0 Å². The summed E-state index contributed by atoms with van der Waals surface area (Å²) in [6.45, 7) is 0. The Morgan fingerprint density at radius 2 is 1.86 bits per heavy atom. The van der Waals surface area contributed by atoms with Gasteiger partial charge in [0.1, 0.15) is 6.04 Å². The lowest BCUT2D eigenvalue weighted by atomic mass is 10.1. The highest BCUT2D eigenvalue weighted by Gasteiger charge is 2.23. The number of carbonyl (C=O) groups excluding carboxylic acids is 2. The summed E-state index contributed by atoms with van der Waals surface area (Å²) >= 11 is 1.50. The van der Waals surface area contributed by atoms with Gasteiger partial charge in [0.15, 0.2) is 5.13 Å². The van der Waals surface area contributed by atoms with E-state index in [4.69, 9.17) is 4.74 Å². The Hall–Kier alpha value is -3.45. The second-order valence-corrected chi connectivity index (χ2v) is 7.52. The number of hydrogen-bond donors (Lipinski definition) is 1. The molecule has 0 fully saturated rings. The number of ether oxygens (including phenoxy) is 1. The van der Waals surface area contributed by atoms with Gasteiger partial charge < -0.3 is 14.6 Å². The van der Waals surface area contributed by atoms with Crippen molar-refractivity contribution in [3.05, 3.63) is 84.2 Å². The molecule has 0 aliphatic carbocycles. The molecular weight excluding hydrogens is 386 g/mol. The van der Waals surface area contributed by atoms with Crippen LogP contribution in [0.4, 0.5) is 0 Å². The molecule has 146 valence electrons. The van der Waals surface area contributed by atoms with Crippen LogP contribution in [0.1, 0.15) is 15.9 Å². The first-order chi connectivity index (χ1) is 14.1. The number of rotatable bonds is 6. The zero-order chi connectivity index (χ0) is 20.2. The maximum Gasteiger partial charge on any atom is 0.328 e. The SMILES string of the molecule is COC(=O)C(Cc1ccccc1)NC(=O)c1ccc2nc(-n3cccc3)sc2c1. The lowest BCUT2D eigenvalue weighted by Crippen LogP contribution is -2.43. The van der Waals surface area contributed by atoms with Gasteiger partial charge in [0, 0.05) is 24.4 Å². The normalized spacial score (nSPS) is 11.9. The van der Waals surface area contributed by atoms with Crippen molar-refractivity contribution in [2.45, 2.75) is 12.5 Å². The molecule has 4 rings (SSSR count). The van der Waals surface area contributed by atoms with E-state index in [0.29, 0.717) is 12.0 Å². The molecule has 1 unspecified atom stereocenters. The van der Waals surface area contributed by atoms with E-state index < -0.39 is 12.0 Å². The summed E-state index contributed by atoms with van der Waals surface area (Å²) in [5, 5.41) is 3.63. The molecule has 29 heavy (non-hydrogen) atoms. The van der Waals surface area contributed by atoms with E-state index >= 15 is 0 Å². The molecule has 2 aromatic carbocycles. The number of methoxy groups -OCH3 is 1. The second kappa shape index (κ2) is 8.28. The van der Waals surface area contributed by atoms with Crippen LogP contribution in [0.5, 0.6) is 0 Å². The number of thiazole rings is 1. The molecule has 1 N–H and O–H groups in total. The van der Waals surface area contributed by atoms with E-state index in [0.717, 1.165) is 20.9 Å². The average Bonchev–Trinajstić information content (AvgIpc) is 3.42. The van der Waals surface area contributed by atoms with Crippen molar-refractivity contribution in [3.63, 3.8) is 0 Å². The van der Waals surface area contributed by atoms with Crippen molar-refractivity contribution in [1.82, 2.24) is 14.9 Å². The van der Waals surface area contributed by atoms with Gasteiger partial charge in [0.2, 0.25) is 0 Å². The summed E-state index contributed by atoms with van der Waals surface area (Å²) in [6.07, 6.45) is 4.21. The average molecular weight is 405 g/mol. The number of nitrogens with one attached hydrogen (secondary N) is 1. The third-order valence-electron chi connectivity index (χ3n) is 4.54. The van der Waals surface area contributed by atoms with Crippen LogP contribution in [0.2, 0.25) is 0 Å². The van der Waals surface area contributed by atoms with Gasteiger partial charge in [-0.25, -0.2) is 9.78 Å². The number of amides is 1. The Bertz CT molecular complexity index is 1140. The van der Waals surface area contributed by atoms with Crippen LogP contribution < -0.4 is 5.32 Å². The van der Waals surface area contributed by atoms with Crippen LogP contribution in [0.15, 0.2) is 73.1 Å². The first kappa shape index (κ1) is 18.9. The van der Waals surface area contributed by atoms with Crippen LogP contribution in [0.25, 0.3) is 15.3 Å². The van der Waals surface area contributed by atoms with E-state index in [1.807, 2.05) is 65.5 Å². The molecule has 1 atom stereocenters. The minimum Gasteiger partial charge on any atom is -0.467 e. The first-order valence-electron chi connectivity index (χ1n) is 9.10. The van der Waals surface area contributed by atoms with Gasteiger partial charge in [0.25, 0.3) is 5.91 Å². The standard InChI is InChI=1S/C22H19N3O3S/c1-28-21(27)18(13-15-7-3-2-4-8-15)23-20(26)16-9-10-17-19(14-16)29-22(24-17)25-11-5-6-12-25/h2-12,14,18H,13H2,1H3,(H,23,26). The van der Waals surface area contributed by atoms with E-state index in [2.05, 4.69) is 10.3 Å². The van der Waals surface area contributed by atoms with Crippen LogP contribution in [-0.4, -0.2) is 34.6 Å². The summed E-state index contributed by atoms with van der Waals surface area (Å²) in [6, 6.07) is 18.0. The lowest BCUT2D eigenvalue weighted by Gasteiger charge is -2.16. The van der Waals surface area contributed by atoms with Crippen LogP contribution in [0.3, 0.4) is 0 Å². The molecular formula is C22H19N3O3S. The predicted molar refractivity (Wildman–Crippen MR) is 112 cm³/mol. The lowest BCUT2D eigenvalue weighted by molar-refractivity contribution is -0.142. The number of esters is 1. The fourth-order valence-electron chi connectivity index (χ4n) is 3.05. The Labute approximate surface area is 171 Å². The molecule has 2 heterocycles. The number of nitrogens with zero attached hydrogens (tertiary/aromatic N) is 2. The third kappa shape index (κ3) is 4.20. The van der Waals surface area contributed by atoms with Gasteiger partial charge in [-0.15, -0.1) is 0 Å². The van der Waals surface area contributed by atoms with Crippen molar-refractivity contribution in [2.24, 2.45) is 0 Å². The molecule has 6 nitrogen and oxygen atoms in total. The van der Waals surface area contributed by atoms with Crippen LogP contribution in [0, 0.1) is 0 Å². The van der Waals surface area contributed by atoms with E-state index in [1.165, 1.54) is 18.4 Å². The summed E-state index contributed by atoms with van der Waals surface area (Å²) in [5.41, 5.74) is 2.24. The molecule has 4 aromatic rings. The van der Waals surface area contributed by atoms with Gasteiger partial charge in [-0.3, -0.25) is 4.79 Å². The molecule has 2 aromatic heterocycles. The summed E-state index contributed by atoms with van der Waals surface area (Å²) in [4.78, 5) is 29.6. The van der Waals surface area contributed by atoms with Gasteiger partial charge in [-0.2, -0.15) is 0 Å². The Morgan fingerprint density at radius 1 is 1.10 bits per heavy atom. The van der Waals surface area contributed by atoms with Crippen molar-refractivity contribution in [3.8, 4) is 5.13 Å². The highest BCUT2D eigenvalue weighted by atomic mass is 32.1. The van der Waals surface area contributed by atoms with Gasteiger partial charge in [-0.05, 0) is 35.9 Å². The number of hydrogen-bond acceptors (Lipinski definition) is 5. The van der Waals surface area contributed by atoms with Crippen LogP contribution in [-0.2, 0) is 16.0 Å². The maximum atomic E-state index is 12.8. The van der Waals surface area contributed by atoms with E-state index in [9.17, 15) is 9.59 Å². The largest absolute Gasteiger partial charge is 0.467 e. The van der Waals surface area contributed by atoms with E-state index in [-0.39, 0.29) is 5.91 Å². The zero-order valence-electron chi connectivity index (χ0n) is 15.7. The van der Waals surface area contributed by atoms with Crippen LogP contribution >= 0.6 is 11.3 Å². The minimum atomic E-state index is -0.762. The Kier molecular flexibility index (Phi) is 5.39. The van der Waals surface area contributed by atoms with Gasteiger partial charge in [0.05, 0.1) is 17.3 Å². The van der Waals surface area contributed by atoms with Gasteiger partial charge >= 0.3 is 5.97 Å². The number of benzene rings is 2. The highest BCUT2D eigenvalue weighted by Crippen LogP contribution is 2.26. The van der Waals surface area contributed by atoms with Crippen molar-refractivity contribution < 1.29 is 14.3 Å². The Balaban J connectivity index is 1.55. The number of aromatic nitrogens is 2. The Morgan fingerprint density at radius 3 is 2.59 bits per heavy atom. The molecule has 0 bridgehead atoms. The molecule has 1 amide bonds. The predicted octanol–water partition coefficient (Wildman–Crippen LogP) is 3.60. The number of fused-ring (bicyclic) bond motifs is 1. The number of carbonyl (C=O) groups is 2. The van der Waals surface area contributed by atoms with E-state index in [1.54, 1.807) is 12.1 Å². The van der Waals surface area contributed by atoms with Gasteiger partial charge in [-0.1, -0.05) is 41.7 Å². The summed E-state index contributed by atoms with van der Waals surface area (Å²) in [7, 11) is 1.32. The fourth-order valence-corrected chi connectivity index (χ4v) is 4.03. The molecule has 0 saturated carbocycles. The zero-order valence-corrected chi connectivity index (χ0v) is 16.6. The monoisotopic (exact) mass is 405 g/mol. The fraction of sp³-hybridized carbons (Fsp3) is 0.136.